The van der Waals surface area contributed by atoms with Crippen molar-refractivity contribution in [2.45, 2.75) is 42.6 Å². The van der Waals surface area contributed by atoms with E-state index in [1.54, 1.807) is 24.9 Å². The molecule has 3 fully saturated rings. The van der Waals surface area contributed by atoms with E-state index in [4.69, 9.17) is 4.74 Å². The first-order valence-electron chi connectivity index (χ1n) is 9.38. The van der Waals surface area contributed by atoms with Gasteiger partial charge in [-0.1, -0.05) is 30.3 Å². The third kappa shape index (κ3) is 2.26. The van der Waals surface area contributed by atoms with Crippen LogP contribution in [0.1, 0.15) is 30.1 Å². The van der Waals surface area contributed by atoms with Gasteiger partial charge in [-0.05, 0) is 18.6 Å². The van der Waals surface area contributed by atoms with Gasteiger partial charge in [-0.2, -0.15) is 9.40 Å². The maximum Gasteiger partial charge on any atom is 0.260 e. The molecule has 1 amide bonds. The third-order valence-corrected chi connectivity index (χ3v) is 8.09. The Bertz CT molecular complexity index is 1050. The standard InChI is InChI=1S/C19H22N4O4S/c1-13-10-18(21(2)20-13)28(25,26)22-9-8-19-16(22)11-17(24)23(19)15(12-27-19)14-6-4-3-5-7-14/h3-7,10,15-16H,8-9,11-12H2,1-2H3/t15-,16+,19-/m0/s1. The number of rotatable bonds is 3. The van der Waals surface area contributed by atoms with Gasteiger partial charge in [0.1, 0.15) is 0 Å². The fraction of sp³-hybridized carbons (Fsp3) is 0.474. The monoisotopic (exact) mass is 402 g/mol. The molecule has 0 bridgehead atoms. The lowest BCUT2D eigenvalue weighted by atomic mass is 10.0. The van der Waals surface area contributed by atoms with Crippen molar-refractivity contribution in [1.29, 1.82) is 0 Å². The van der Waals surface area contributed by atoms with Crippen LogP contribution in [-0.2, 0) is 26.6 Å². The van der Waals surface area contributed by atoms with Crippen LogP contribution in [0.2, 0.25) is 0 Å². The quantitative estimate of drug-likeness (QED) is 0.770. The molecule has 3 aliphatic heterocycles. The van der Waals surface area contributed by atoms with Crippen LogP contribution in [0.5, 0.6) is 0 Å². The molecular weight excluding hydrogens is 380 g/mol. The number of aromatic nitrogens is 2. The summed E-state index contributed by atoms with van der Waals surface area (Å²) in [6.45, 7) is 2.46. The van der Waals surface area contributed by atoms with Gasteiger partial charge >= 0.3 is 0 Å². The predicted octanol–water partition coefficient (Wildman–Crippen LogP) is 1.19. The summed E-state index contributed by atoms with van der Waals surface area (Å²) < 4.78 is 35.7. The highest BCUT2D eigenvalue weighted by atomic mass is 32.2. The summed E-state index contributed by atoms with van der Waals surface area (Å²) in [7, 11) is -2.16. The number of sulfonamides is 1. The Labute approximate surface area is 163 Å². The molecule has 0 aliphatic carbocycles. The van der Waals surface area contributed by atoms with Gasteiger partial charge < -0.3 is 9.64 Å². The van der Waals surface area contributed by atoms with E-state index in [-0.39, 0.29) is 23.4 Å². The molecule has 0 radical (unpaired) electrons. The van der Waals surface area contributed by atoms with Crippen molar-refractivity contribution in [3.05, 3.63) is 47.7 Å². The van der Waals surface area contributed by atoms with Crippen LogP contribution < -0.4 is 0 Å². The van der Waals surface area contributed by atoms with Crippen molar-refractivity contribution >= 4 is 15.9 Å². The number of hydrogen-bond donors (Lipinski definition) is 0. The van der Waals surface area contributed by atoms with Gasteiger partial charge in [0.05, 0.1) is 24.4 Å². The maximum absolute atomic E-state index is 13.3. The van der Waals surface area contributed by atoms with Crippen molar-refractivity contribution in [3.8, 4) is 0 Å². The summed E-state index contributed by atoms with van der Waals surface area (Å²) in [5, 5.41) is 4.31. The second-order valence-electron chi connectivity index (χ2n) is 7.68. The van der Waals surface area contributed by atoms with E-state index >= 15 is 0 Å². The lowest BCUT2D eigenvalue weighted by Gasteiger charge is -2.33. The first-order chi connectivity index (χ1) is 13.3. The van der Waals surface area contributed by atoms with Crippen molar-refractivity contribution in [3.63, 3.8) is 0 Å². The molecular formula is C19H22N4O4S. The maximum atomic E-state index is 13.3. The molecule has 0 saturated carbocycles. The molecule has 1 aromatic heterocycles. The summed E-state index contributed by atoms with van der Waals surface area (Å²) >= 11 is 0. The second-order valence-corrected chi connectivity index (χ2v) is 9.52. The number of nitrogens with zero attached hydrogens (tertiary/aromatic N) is 4. The smallest absolute Gasteiger partial charge is 0.260 e. The Morgan fingerprint density at radius 1 is 1.25 bits per heavy atom. The summed E-state index contributed by atoms with van der Waals surface area (Å²) in [6.07, 6.45) is 0.613. The average molecular weight is 402 g/mol. The highest BCUT2D eigenvalue weighted by Gasteiger charge is 2.66. The van der Waals surface area contributed by atoms with Crippen LogP contribution in [-0.4, -0.2) is 58.2 Å². The van der Waals surface area contributed by atoms with E-state index in [0.29, 0.717) is 25.3 Å². The zero-order chi connectivity index (χ0) is 19.7. The molecule has 0 N–H and O–H groups in total. The Morgan fingerprint density at radius 2 is 2.00 bits per heavy atom. The Kier molecular flexibility index (Phi) is 3.75. The Morgan fingerprint density at radius 3 is 2.68 bits per heavy atom. The summed E-state index contributed by atoms with van der Waals surface area (Å²) in [5.74, 6) is -0.0579. The molecule has 3 aliphatic rings. The zero-order valence-electron chi connectivity index (χ0n) is 15.8. The molecule has 0 unspecified atom stereocenters. The highest BCUT2D eigenvalue weighted by molar-refractivity contribution is 7.89. The normalized spacial score (nSPS) is 30.1. The van der Waals surface area contributed by atoms with Crippen LogP contribution in [0, 0.1) is 6.92 Å². The number of ether oxygens (including phenoxy) is 1. The molecule has 9 heteroatoms. The molecule has 5 rings (SSSR count). The van der Waals surface area contributed by atoms with Gasteiger partial charge in [-0.25, -0.2) is 8.42 Å². The first-order valence-corrected chi connectivity index (χ1v) is 10.8. The lowest BCUT2D eigenvalue weighted by molar-refractivity contribution is -0.138. The SMILES string of the molecule is Cc1cc(S(=O)(=O)N2CC[C@@]34OC[C@@H](c5ccccc5)N3C(=O)C[C@@H]24)n(C)n1. The summed E-state index contributed by atoms with van der Waals surface area (Å²) in [4.78, 5) is 14.7. The first kappa shape index (κ1) is 17.8. The van der Waals surface area contributed by atoms with Gasteiger partial charge in [0.15, 0.2) is 10.8 Å². The molecule has 8 nitrogen and oxygen atoms in total. The van der Waals surface area contributed by atoms with E-state index in [1.165, 1.54) is 8.99 Å². The topological polar surface area (TPSA) is 84.7 Å². The number of carbonyl (C=O) groups is 1. The van der Waals surface area contributed by atoms with Crippen LogP contribution in [0.4, 0.5) is 0 Å². The molecule has 2 aromatic rings. The van der Waals surface area contributed by atoms with E-state index in [0.717, 1.165) is 5.56 Å². The zero-order valence-corrected chi connectivity index (χ0v) is 16.6. The number of carbonyl (C=O) groups excluding carboxylic acids is 1. The summed E-state index contributed by atoms with van der Waals surface area (Å²) in [5.41, 5.74) is 0.774. The molecule has 3 saturated heterocycles. The largest absolute Gasteiger partial charge is 0.351 e. The fourth-order valence-corrected chi connectivity index (χ4v) is 6.81. The number of aryl methyl sites for hydroxylation is 2. The van der Waals surface area contributed by atoms with Crippen LogP contribution in [0.25, 0.3) is 0 Å². The van der Waals surface area contributed by atoms with Gasteiger partial charge in [0.25, 0.3) is 10.0 Å². The number of hydrogen-bond acceptors (Lipinski definition) is 5. The van der Waals surface area contributed by atoms with Gasteiger partial charge in [0, 0.05) is 26.4 Å². The van der Waals surface area contributed by atoms with Crippen molar-refractivity contribution in [2.24, 2.45) is 7.05 Å². The molecule has 1 aromatic carbocycles. The lowest BCUT2D eigenvalue weighted by Crippen LogP contribution is -2.49. The van der Waals surface area contributed by atoms with Gasteiger partial charge in [0.2, 0.25) is 5.91 Å². The second kappa shape index (κ2) is 5.88. The minimum Gasteiger partial charge on any atom is -0.351 e. The molecule has 1 spiro atoms. The van der Waals surface area contributed by atoms with Crippen LogP contribution in [0.15, 0.2) is 41.4 Å². The number of amides is 1. The van der Waals surface area contributed by atoms with E-state index in [9.17, 15) is 13.2 Å². The van der Waals surface area contributed by atoms with Crippen LogP contribution >= 0.6 is 0 Å². The van der Waals surface area contributed by atoms with Crippen molar-refractivity contribution < 1.29 is 17.9 Å². The Hall–Kier alpha value is -2.23. The molecule has 4 heterocycles. The fourth-order valence-electron chi connectivity index (χ4n) is 4.96. The third-order valence-electron chi connectivity index (χ3n) is 6.12. The average Bonchev–Trinajstić information content (AvgIpc) is 3.37. The van der Waals surface area contributed by atoms with E-state index < -0.39 is 21.8 Å². The van der Waals surface area contributed by atoms with Gasteiger partial charge in [-0.15, -0.1) is 0 Å². The minimum absolute atomic E-state index is 0.0579. The molecule has 148 valence electrons. The van der Waals surface area contributed by atoms with Crippen molar-refractivity contribution in [2.75, 3.05) is 13.2 Å². The van der Waals surface area contributed by atoms with Crippen LogP contribution in [0.3, 0.4) is 0 Å². The highest BCUT2D eigenvalue weighted by Crippen LogP contribution is 2.52. The van der Waals surface area contributed by atoms with E-state index in [2.05, 4.69) is 5.10 Å². The summed E-state index contributed by atoms with van der Waals surface area (Å²) in [6, 6.07) is 10.6. The van der Waals surface area contributed by atoms with Gasteiger partial charge in [-0.3, -0.25) is 9.48 Å². The predicted molar refractivity (Wildman–Crippen MR) is 99.6 cm³/mol. The molecule has 3 atom stereocenters. The number of benzene rings is 1. The van der Waals surface area contributed by atoms with E-state index in [1.807, 2.05) is 30.3 Å². The van der Waals surface area contributed by atoms with Crippen molar-refractivity contribution in [1.82, 2.24) is 19.0 Å². The molecule has 28 heavy (non-hydrogen) atoms. The Balaban J connectivity index is 1.52. The minimum atomic E-state index is -3.78.